The van der Waals surface area contributed by atoms with Crippen molar-refractivity contribution < 1.29 is 24.5 Å². The van der Waals surface area contributed by atoms with Crippen molar-refractivity contribution >= 4 is 5.91 Å². The van der Waals surface area contributed by atoms with E-state index in [0.29, 0.717) is 5.56 Å². The number of amides is 1. The van der Waals surface area contributed by atoms with Crippen LogP contribution in [0.25, 0.3) is 0 Å². The Bertz CT molecular complexity index is 776. The Morgan fingerprint density at radius 3 is 2.75 bits per heavy atom. The van der Waals surface area contributed by atoms with E-state index in [-0.39, 0.29) is 23.8 Å². The first-order chi connectivity index (χ1) is 11.2. The first kappa shape index (κ1) is 17.6. The van der Waals surface area contributed by atoms with Crippen LogP contribution >= 0.6 is 0 Å². The van der Waals surface area contributed by atoms with Crippen molar-refractivity contribution in [3.05, 3.63) is 53.5 Å². The average molecular weight is 329 g/mol. The van der Waals surface area contributed by atoms with Gasteiger partial charge in [-0.15, -0.1) is 0 Å². The zero-order valence-electron chi connectivity index (χ0n) is 13.4. The number of phenols is 1. The Labute approximate surface area is 139 Å². The number of rotatable bonds is 4. The number of hydrogen-bond donors (Lipinski definition) is 4. The molecular weight excluding hydrogens is 310 g/mol. The molecule has 0 bridgehead atoms. The third-order valence-electron chi connectivity index (χ3n) is 3.03. The average Bonchev–Trinajstić information content (AvgIpc) is 2.98. The molecule has 126 valence electrons. The highest BCUT2D eigenvalue weighted by Gasteiger charge is 2.14. The van der Waals surface area contributed by atoms with Crippen LogP contribution in [0.1, 0.15) is 41.8 Å². The van der Waals surface area contributed by atoms with E-state index in [1.807, 2.05) is 0 Å². The molecule has 4 N–H and O–H groups in total. The topological polar surface area (TPSA) is 103 Å². The lowest BCUT2D eigenvalue weighted by molar-refractivity contribution is 0.0888. The van der Waals surface area contributed by atoms with Gasteiger partial charge in [-0.3, -0.25) is 4.79 Å². The molecule has 2 aromatic rings. The number of carbonyl (C=O) groups is 1. The van der Waals surface area contributed by atoms with Crippen LogP contribution in [0.3, 0.4) is 0 Å². The van der Waals surface area contributed by atoms with Gasteiger partial charge in [0.15, 0.2) is 11.5 Å². The van der Waals surface area contributed by atoms with Crippen molar-refractivity contribution in [2.75, 3.05) is 6.54 Å². The number of nitrogens with one attached hydrogen (secondary N) is 1. The molecule has 1 atom stereocenters. The number of hydrogen-bond acceptors (Lipinski definition) is 5. The van der Waals surface area contributed by atoms with Crippen molar-refractivity contribution in [2.24, 2.45) is 0 Å². The van der Waals surface area contributed by atoms with E-state index < -0.39 is 17.6 Å². The molecule has 1 aromatic heterocycles. The molecular formula is C18H19NO5. The van der Waals surface area contributed by atoms with Crippen LogP contribution < -0.4 is 5.32 Å². The second-order valence-electron chi connectivity index (χ2n) is 5.79. The lowest BCUT2D eigenvalue weighted by atomic mass is 10.1. The number of phenolic OH excluding ortho intramolecular Hbond substituents is 1. The summed E-state index contributed by atoms with van der Waals surface area (Å²) in [7, 11) is 0. The van der Waals surface area contributed by atoms with Gasteiger partial charge in [0.05, 0.1) is 6.10 Å². The number of aromatic hydroxyl groups is 1. The molecule has 0 radical (unpaired) electrons. The maximum Gasteiger partial charge on any atom is 0.287 e. The summed E-state index contributed by atoms with van der Waals surface area (Å²) in [6.07, 6.45) is -0.953. The molecule has 0 spiro atoms. The predicted molar refractivity (Wildman–Crippen MR) is 87.3 cm³/mol. The van der Waals surface area contributed by atoms with Crippen molar-refractivity contribution in [1.82, 2.24) is 5.32 Å². The van der Waals surface area contributed by atoms with E-state index in [1.165, 1.54) is 24.3 Å². The summed E-state index contributed by atoms with van der Waals surface area (Å²) in [4.78, 5) is 12.0. The van der Waals surface area contributed by atoms with Gasteiger partial charge in [-0.2, -0.15) is 0 Å². The van der Waals surface area contributed by atoms with Crippen LogP contribution in [0.2, 0.25) is 0 Å². The minimum absolute atomic E-state index is 0.0341. The number of furan rings is 1. The molecule has 0 aliphatic rings. The van der Waals surface area contributed by atoms with Crippen molar-refractivity contribution in [2.45, 2.75) is 25.6 Å². The SMILES string of the molecule is CC(C)(O)C#Cc1ccc(C(=O)NCC(O)c2cccc(O)c2)o1. The standard InChI is InChI=1S/C18H19NO5/c1-18(2,23)9-8-14-6-7-16(24-14)17(22)19-11-15(21)12-4-3-5-13(20)10-12/h3-7,10,15,20-21,23H,11H2,1-2H3,(H,19,22). The molecule has 0 aliphatic heterocycles. The highest BCUT2D eigenvalue weighted by atomic mass is 16.3. The first-order valence-electron chi connectivity index (χ1n) is 7.35. The van der Waals surface area contributed by atoms with E-state index in [0.717, 1.165) is 0 Å². The number of aliphatic hydroxyl groups excluding tert-OH is 1. The van der Waals surface area contributed by atoms with E-state index in [1.54, 1.807) is 26.0 Å². The molecule has 1 heterocycles. The quantitative estimate of drug-likeness (QED) is 0.638. The fraction of sp³-hybridized carbons (Fsp3) is 0.278. The zero-order valence-corrected chi connectivity index (χ0v) is 13.4. The Hall–Kier alpha value is -2.75. The van der Waals surface area contributed by atoms with Crippen LogP contribution in [-0.2, 0) is 0 Å². The second kappa shape index (κ2) is 7.21. The van der Waals surface area contributed by atoms with E-state index in [4.69, 9.17) is 4.42 Å². The highest BCUT2D eigenvalue weighted by molar-refractivity contribution is 5.91. The van der Waals surface area contributed by atoms with Gasteiger partial charge in [0.2, 0.25) is 0 Å². The normalized spacial score (nSPS) is 12.2. The van der Waals surface area contributed by atoms with E-state index in [9.17, 15) is 20.1 Å². The van der Waals surface area contributed by atoms with Gasteiger partial charge in [-0.1, -0.05) is 18.1 Å². The molecule has 1 amide bonds. The largest absolute Gasteiger partial charge is 0.508 e. The van der Waals surface area contributed by atoms with Gasteiger partial charge in [0.1, 0.15) is 11.4 Å². The number of benzene rings is 1. The zero-order chi connectivity index (χ0) is 17.7. The molecule has 1 unspecified atom stereocenters. The second-order valence-corrected chi connectivity index (χ2v) is 5.79. The Morgan fingerprint density at radius 1 is 1.33 bits per heavy atom. The van der Waals surface area contributed by atoms with Crippen molar-refractivity contribution in [1.29, 1.82) is 0 Å². The van der Waals surface area contributed by atoms with Crippen LogP contribution in [0.15, 0.2) is 40.8 Å². The Balaban J connectivity index is 1.95. The van der Waals surface area contributed by atoms with Crippen LogP contribution in [-0.4, -0.2) is 33.4 Å². The van der Waals surface area contributed by atoms with Crippen molar-refractivity contribution in [3.8, 4) is 17.6 Å². The smallest absolute Gasteiger partial charge is 0.287 e. The third-order valence-corrected chi connectivity index (χ3v) is 3.03. The van der Waals surface area contributed by atoms with Crippen molar-refractivity contribution in [3.63, 3.8) is 0 Å². The predicted octanol–water partition coefficient (Wildman–Crippen LogP) is 1.57. The van der Waals surface area contributed by atoms with Crippen LogP contribution in [0.4, 0.5) is 0 Å². The summed E-state index contributed by atoms with van der Waals surface area (Å²) in [6, 6.07) is 9.16. The van der Waals surface area contributed by atoms with E-state index >= 15 is 0 Å². The fourth-order valence-electron chi connectivity index (χ4n) is 1.87. The van der Waals surface area contributed by atoms with Gasteiger partial charge < -0.3 is 25.1 Å². The first-order valence-corrected chi connectivity index (χ1v) is 7.35. The summed E-state index contributed by atoms with van der Waals surface area (Å²) in [5.74, 6) is 5.08. The minimum Gasteiger partial charge on any atom is -0.508 e. The van der Waals surface area contributed by atoms with Gasteiger partial charge in [0.25, 0.3) is 5.91 Å². The van der Waals surface area contributed by atoms with Gasteiger partial charge in [-0.25, -0.2) is 0 Å². The number of carbonyl (C=O) groups excluding carboxylic acids is 1. The Morgan fingerprint density at radius 2 is 2.08 bits per heavy atom. The minimum atomic E-state index is -1.15. The third kappa shape index (κ3) is 5.16. The molecule has 6 nitrogen and oxygen atoms in total. The molecule has 0 aliphatic carbocycles. The maximum atomic E-state index is 12.0. The Kier molecular flexibility index (Phi) is 5.29. The van der Waals surface area contributed by atoms with Gasteiger partial charge in [-0.05, 0) is 49.6 Å². The maximum absolute atomic E-state index is 12.0. The fourth-order valence-corrected chi connectivity index (χ4v) is 1.87. The molecule has 24 heavy (non-hydrogen) atoms. The monoisotopic (exact) mass is 329 g/mol. The molecule has 0 saturated carbocycles. The summed E-state index contributed by atoms with van der Waals surface area (Å²) >= 11 is 0. The van der Waals surface area contributed by atoms with Gasteiger partial charge >= 0.3 is 0 Å². The van der Waals surface area contributed by atoms with Crippen LogP contribution in [0.5, 0.6) is 5.75 Å². The number of aliphatic hydroxyl groups is 2. The summed E-state index contributed by atoms with van der Waals surface area (Å²) in [6.45, 7) is 3.05. The molecule has 0 fully saturated rings. The summed E-state index contributed by atoms with van der Waals surface area (Å²) in [5.41, 5.74) is -0.660. The van der Waals surface area contributed by atoms with E-state index in [2.05, 4.69) is 17.2 Å². The molecule has 1 aromatic carbocycles. The molecule has 2 rings (SSSR count). The lowest BCUT2D eigenvalue weighted by Gasteiger charge is -2.11. The summed E-state index contributed by atoms with van der Waals surface area (Å²) < 4.78 is 5.28. The highest BCUT2D eigenvalue weighted by Crippen LogP contribution is 2.17. The lowest BCUT2D eigenvalue weighted by Crippen LogP contribution is -2.28. The summed E-state index contributed by atoms with van der Waals surface area (Å²) in [5, 5.41) is 31.5. The molecule has 0 saturated heterocycles. The van der Waals surface area contributed by atoms with Gasteiger partial charge in [0, 0.05) is 6.54 Å². The van der Waals surface area contributed by atoms with Crippen LogP contribution in [0, 0.1) is 11.8 Å². The molecule has 6 heteroatoms.